The van der Waals surface area contributed by atoms with Gasteiger partial charge in [-0.2, -0.15) is 0 Å². The first-order valence-electron chi connectivity index (χ1n) is 4.93. The van der Waals surface area contributed by atoms with Crippen molar-refractivity contribution in [2.45, 2.75) is 19.3 Å². The van der Waals surface area contributed by atoms with Gasteiger partial charge in [-0.05, 0) is 25.0 Å². The molecule has 15 heavy (non-hydrogen) atoms. The molecule has 0 bridgehead atoms. The maximum absolute atomic E-state index is 11.6. The van der Waals surface area contributed by atoms with Gasteiger partial charge in [-0.1, -0.05) is 35.7 Å². The molecule has 1 aliphatic carbocycles. The second kappa shape index (κ2) is 4.42. The van der Waals surface area contributed by atoms with Gasteiger partial charge < -0.3 is 5.32 Å². The standard InChI is InChI=1S/C11H11Cl2NO/c12-8-5-2-6-9(10(8)13)14-11(15)7-3-1-4-7/h2,5-7H,1,3-4H2,(H,14,15). The SMILES string of the molecule is O=C(Nc1cccc(Cl)c1Cl)C1CCC1. The van der Waals surface area contributed by atoms with Crippen LogP contribution in [0.5, 0.6) is 0 Å². The number of benzene rings is 1. The monoisotopic (exact) mass is 243 g/mol. The Morgan fingerprint density at radius 1 is 1.33 bits per heavy atom. The summed E-state index contributed by atoms with van der Waals surface area (Å²) in [5.41, 5.74) is 0.598. The van der Waals surface area contributed by atoms with Gasteiger partial charge in [0.25, 0.3) is 0 Å². The molecule has 4 heteroatoms. The van der Waals surface area contributed by atoms with Crippen LogP contribution in [0, 0.1) is 5.92 Å². The van der Waals surface area contributed by atoms with Crippen molar-refractivity contribution in [2.75, 3.05) is 5.32 Å². The number of hydrogen-bond acceptors (Lipinski definition) is 1. The molecule has 1 aromatic rings. The quantitative estimate of drug-likeness (QED) is 0.843. The van der Waals surface area contributed by atoms with Crippen molar-refractivity contribution < 1.29 is 4.79 Å². The van der Waals surface area contributed by atoms with Crippen LogP contribution in [0.1, 0.15) is 19.3 Å². The number of hydrogen-bond donors (Lipinski definition) is 1. The Bertz CT molecular complexity index is 388. The van der Waals surface area contributed by atoms with E-state index in [1.165, 1.54) is 0 Å². The molecule has 1 aliphatic rings. The molecule has 1 amide bonds. The molecule has 0 unspecified atom stereocenters. The van der Waals surface area contributed by atoms with Crippen LogP contribution in [0.15, 0.2) is 18.2 Å². The Morgan fingerprint density at radius 2 is 2.07 bits per heavy atom. The third kappa shape index (κ3) is 2.27. The molecule has 0 spiro atoms. The summed E-state index contributed by atoms with van der Waals surface area (Å²) in [4.78, 5) is 11.6. The van der Waals surface area contributed by atoms with E-state index >= 15 is 0 Å². The molecule has 0 saturated heterocycles. The van der Waals surface area contributed by atoms with E-state index in [0.717, 1.165) is 19.3 Å². The van der Waals surface area contributed by atoms with Crippen molar-refractivity contribution in [3.8, 4) is 0 Å². The highest BCUT2D eigenvalue weighted by molar-refractivity contribution is 6.43. The molecule has 1 N–H and O–H groups in total. The van der Waals surface area contributed by atoms with Crippen molar-refractivity contribution in [2.24, 2.45) is 5.92 Å². The van der Waals surface area contributed by atoms with Crippen LogP contribution in [0.25, 0.3) is 0 Å². The second-order valence-corrected chi connectivity index (χ2v) is 4.50. The predicted octanol–water partition coefficient (Wildman–Crippen LogP) is 3.73. The molecular formula is C11H11Cl2NO. The largest absolute Gasteiger partial charge is 0.324 e. The number of carbonyl (C=O) groups is 1. The first-order valence-corrected chi connectivity index (χ1v) is 5.69. The van der Waals surface area contributed by atoms with Crippen molar-refractivity contribution in [3.63, 3.8) is 0 Å². The lowest BCUT2D eigenvalue weighted by Crippen LogP contribution is -2.28. The summed E-state index contributed by atoms with van der Waals surface area (Å²) in [6.45, 7) is 0. The van der Waals surface area contributed by atoms with Crippen LogP contribution in [0.3, 0.4) is 0 Å². The lowest BCUT2D eigenvalue weighted by Gasteiger charge is -2.24. The first kappa shape index (κ1) is 10.8. The Labute approximate surface area is 98.6 Å². The van der Waals surface area contributed by atoms with Gasteiger partial charge in [0.15, 0.2) is 0 Å². The van der Waals surface area contributed by atoms with Crippen molar-refractivity contribution >= 4 is 34.8 Å². The summed E-state index contributed by atoms with van der Waals surface area (Å²) < 4.78 is 0. The molecule has 0 aliphatic heterocycles. The molecule has 1 aromatic carbocycles. The summed E-state index contributed by atoms with van der Waals surface area (Å²) in [7, 11) is 0. The fourth-order valence-corrected chi connectivity index (χ4v) is 1.85. The van der Waals surface area contributed by atoms with Crippen molar-refractivity contribution in [3.05, 3.63) is 28.2 Å². The number of rotatable bonds is 2. The lowest BCUT2D eigenvalue weighted by atomic mass is 9.85. The molecular weight excluding hydrogens is 233 g/mol. The molecule has 2 rings (SSSR count). The Kier molecular flexibility index (Phi) is 3.17. The summed E-state index contributed by atoms with van der Waals surface area (Å²) in [5, 5.41) is 3.67. The van der Waals surface area contributed by atoms with Gasteiger partial charge in [-0.25, -0.2) is 0 Å². The molecule has 80 valence electrons. The van der Waals surface area contributed by atoms with Crippen LogP contribution in [0.4, 0.5) is 5.69 Å². The molecule has 1 saturated carbocycles. The zero-order valence-electron chi connectivity index (χ0n) is 8.09. The van der Waals surface area contributed by atoms with E-state index in [2.05, 4.69) is 5.32 Å². The van der Waals surface area contributed by atoms with E-state index in [-0.39, 0.29) is 11.8 Å². The maximum atomic E-state index is 11.6. The molecule has 0 aromatic heterocycles. The van der Waals surface area contributed by atoms with E-state index < -0.39 is 0 Å². The number of carbonyl (C=O) groups excluding carboxylic acids is 1. The normalized spacial score (nSPS) is 15.9. The average molecular weight is 244 g/mol. The third-order valence-electron chi connectivity index (χ3n) is 2.69. The molecule has 2 nitrogen and oxygen atoms in total. The molecule has 0 radical (unpaired) electrons. The van der Waals surface area contributed by atoms with Crippen LogP contribution < -0.4 is 5.32 Å². The molecule has 0 atom stereocenters. The maximum Gasteiger partial charge on any atom is 0.227 e. The van der Waals surface area contributed by atoms with E-state index in [1.54, 1.807) is 18.2 Å². The molecule has 1 fully saturated rings. The van der Waals surface area contributed by atoms with Crippen LogP contribution in [-0.2, 0) is 4.79 Å². The fraction of sp³-hybridized carbons (Fsp3) is 0.364. The van der Waals surface area contributed by atoms with E-state index in [4.69, 9.17) is 23.2 Å². The lowest BCUT2D eigenvalue weighted by molar-refractivity contribution is -0.122. The van der Waals surface area contributed by atoms with Crippen LogP contribution in [-0.4, -0.2) is 5.91 Å². The summed E-state index contributed by atoms with van der Waals surface area (Å²) >= 11 is 11.8. The number of nitrogens with one attached hydrogen (secondary N) is 1. The van der Waals surface area contributed by atoms with Gasteiger partial charge >= 0.3 is 0 Å². The van der Waals surface area contributed by atoms with Gasteiger partial charge in [0.05, 0.1) is 15.7 Å². The minimum atomic E-state index is 0.0467. The predicted molar refractivity (Wildman–Crippen MR) is 62.4 cm³/mol. The topological polar surface area (TPSA) is 29.1 Å². The number of anilines is 1. The van der Waals surface area contributed by atoms with Crippen LogP contribution in [0.2, 0.25) is 10.0 Å². The average Bonchev–Trinajstić information content (AvgIpc) is 2.10. The Hall–Kier alpha value is -0.730. The highest BCUT2D eigenvalue weighted by Gasteiger charge is 2.25. The molecule has 0 heterocycles. The fourth-order valence-electron chi connectivity index (χ4n) is 1.51. The summed E-state index contributed by atoms with van der Waals surface area (Å²) in [6.07, 6.45) is 3.09. The van der Waals surface area contributed by atoms with E-state index in [1.807, 2.05) is 0 Å². The highest BCUT2D eigenvalue weighted by atomic mass is 35.5. The van der Waals surface area contributed by atoms with Gasteiger partial charge in [-0.15, -0.1) is 0 Å². The summed E-state index contributed by atoms with van der Waals surface area (Å²) in [5.74, 6) is 0.200. The van der Waals surface area contributed by atoms with Crippen LogP contribution >= 0.6 is 23.2 Å². The summed E-state index contributed by atoms with van der Waals surface area (Å²) in [6, 6.07) is 5.22. The van der Waals surface area contributed by atoms with Gasteiger partial charge in [0.1, 0.15) is 0 Å². The second-order valence-electron chi connectivity index (χ2n) is 3.72. The highest BCUT2D eigenvalue weighted by Crippen LogP contribution is 2.32. The van der Waals surface area contributed by atoms with Crippen molar-refractivity contribution in [1.82, 2.24) is 0 Å². The van der Waals surface area contributed by atoms with Gasteiger partial charge in [-0.3, -0.25) is 4.79 Å². The van der Waals surface area contributed by atoms with Gasteiger partial charge in [0.2, 0.25) is 5.91 Å². The Morgan fingerprint density at radius 3 is 2.67 bits per heavy atom. The zero-order chi connectivity index (χ0) is 10.8. The minimum Gasteiger partial charge on any atom is -0.324 e. The first-order chi connectivity index (χ1) is 7.18. The third-order valence-corrected chi connectivity index (χ3v) is 3.50. The van der Waals surface area contributed by atoms with E-state index in [0.29, 0.717) is 15.7 Å². The smallest absolute Gasteiger partial charge is 0.227 e. The number of halogens is 2. The van der Waals surface area contributed by atoms with E-state index in [9.17, 15) is 4.79 Å². The number of amides is 1. The van der Waals surface area contributed by atoms with Gasteiger partial charge in [0, 0.05) is 5.92 Å². The zero-order valence-corrected chi connectivity index (χ0v) is 9.61. The Balaban J connectivity index is 2.09. The minimum absolute atomic E-state index is 0.0467. The van der Waals surface area contributed by atoms with Crippen molar-refractivity contribution in [1.29, 1.82) is 0 Å².